The van der Waals surface area contributed by atoms with Gasteiger partial charge in [0.05, 0.1) is 23.1 Å². The minimum atomic E-state index is -1.10. The number of carboxylic acid groups (broad SMARTS) is 1. The van der Waals surface area contributed by atoms with Crippen LogP contribution in [0.1, 0.15) is 30.1 Å². The maximum Gasteiger partial charge on any atom is 0.335 e. The summed E-state index contributed by atoms with van der Waals surface area (Å²) in [6.45, 7) is 2.62. The second kappa shape index (κ2) is 7.12. The molecule has 0 aliphatic heterocycles. The van der Waals surface area contributed by atoms with Crippen LogP contribution in [0.25, 0.3) is 22.4 Å². The number of hydrogen-bond acceptors (Lipinski definition) is 5. The molecule has 1 aromatic carbocycles. The van der Waals surface area contributed by atoms with Gasteiger partial charge >= 0.3 is 5.97 Å². The van der Waals surface area contributed by atoms with Crippen molar-refractivity contribution in [2.75, 3.05) is 6.61 Å². The van der Waals surface area contributed by atoms with Crippen molar-refractivity contribution in [3.05, 3.63) is 52.4 Å². The summed E-state index contributed by atoms with van der Waals surface area (Å²) in [6, 6.07) is 7.76. The molecule has 0 spiro atoms. The zero-order valence-corrected chi connectivity index (χ0v) is 13.7. The predicted octanol–water partition coefficient (Wildman–Crippen LogP) is 2.86. The van der Waals surface area contributed by atoms with E-state index in [0.717, 1.165) is 12.8 Å². The summed E-state index contributed by atoms with van der Waals surface area (Å²) >= 11 is 0. The second-order valence-corrected chi connectivity index (χ2v) is 5.50. The lowest BCUT2D eigenvalue weighted by atomic mass is 10.1. The van der Waals surface area contributed by atoms with Crippen molar-refractivity contribution in [2.24, 2.45) is 0 Å². The van der Waals surface area contributed by atoms with Crippen molar-refractivity contribution in [1.82, 2.24) is 15.0 Å². The number of H-pyrrole nitrogens is 1. The van der Waals surface area contributed by atoms with E-state index < -0.39 is 11.5 Å². The Hall–Kier alpha value is -3.22. The number of pyridine rings is 1. The zero-order valence-electron chi connectivity index (χ0n) is 13.7. The summed E-state index contributed by atoms with van der Waals surface area (Å²) in [4.78, 5) is 34.8. The van der Waals surface area contributed by atoms with Gasteiger partial charge in [0.2, 0.25) is 0 Å². The molecule has 0 saturated heterocycles. The highest BCUT2D eigenvalue weighted by atomic mass is 16.5. The summed E-state index contributed by atoms with van der Waals surface area (Å²) in [7, 11) is 0. The smallest absolute Gasteiger partial charge is 0.335 e. The number of nitrogens with one attached hydrogen (secondary N) is 1. The van der Waals surface area contributed by atoms with Crippen LogP contribution < -0.4 is 10.3 Å². The number of hydrogen-bond donors (Lipinski definition) is 2. The molecule has 0 saturated carbocycles. The van der Waals surface area contributed by atoms with Crippen LogP contribution in [-0.4, -0.2) is 32.6 Å². The fourth-order valence-corrected chi connectivity index (χ4v) is 2.40. The van der Waals surface area contributed by atoms with Gasteiger partial charge in [-0.1, -0.05) is 13.3 Å². The summed E-state index contributed by atoms with van der Waals surface area (Å²) in [5, 5.41) is 9.26. The molecule has 0 atom stereocenters. The molecular formula is C18H17N3O4. The largest absolute Gasteiger partial charge is 0.491 e. The lowest BCUT2D eigenvalue weighted by molar-refractivity contribution is 0.0697. The van der Waals surface area contributed by atoms with Gasteiger partial charge in [-0.15, -0.1) is 0 Å². The molecule has 7 nitrogen and oxygen atoms in total. The Morgan fingerprint density at radius 2 is 2.16 bits per heavy atom. The summed E-state index contributed by atoms with van der Waals surface area (Å²) in [6.07, 6.45) is 3.51. The first-order chi connectivity index (χ1) is 12.1. The summed E-state index contributed by atoms with van der Waals surface area (Å²) < 4.78 is 5.73. The lowest BCUT2D eigenvalue weighted by Gasteiger charge is -2.10. The van der Waals surface area contributed by atoms with Gasteiger partial charge in [-0.3, -0.25) is 4.79 Å². The Bertz CT molecular complexity index is 981. The first kappa shape index (κ1) is 16.6. The fourth-order valence-electron chi connectivity index (χ4n) is 2.40. The van der Waals surface area contributed by atoms with E-state index in [9.17, 15) is 9.59 Å². The van der Waals surface area contributed by atoms with E-state index >= 15 is 0 Å². The molecule has 0 radical (unpaired) electrons. The molecule has 2 N–H and O–H groups in total. The van der Waals surface area contributed by atoms with Crippen LogP contribution in [0.4, 0.5) is 0 Å². The monoisotopic (exact) mass is 339 g/mol. The summed E-state index contributed by atoms with van der Waals surface area (Å²) in [5.74, 6) is -0.269. The van der Waals surface area contributed by atoms with Gasteiger partial charge in [0, 0.05) is 6.20 Å². The van der Waals surface area contributed by atoms with Crippen molar-refractivity contribution >= 4 is 16.9 Å². The highest BCUT2D eigenvalue weighted by Crippen LogP contribution is 2.25. The number of nitrogens with zero attached hydrogens (tertiary/aromatic N) is 2. The molecule has 0 aliphatic carbocycles. The van der Waals surface area contributed by atoms with Gasteiger partial charge < -0.3 is 14.8 Å². The number of rotatable bonds is 6. The van der Waals surface area contributed by atoms with Crippen LogP contribution in [-0.2, 0) is 0 Å². The number of carbonyl (C=O) groups is 1. The molecule has 0 unspecified atom stereocenters. The van der Waals surface area contributed by atoms with Crippen molar-refractivity contribution < 1.29 is 14.6 Å². The van der Waals surface area contributed by atoms with Gasteiger partial charge in [-0.25, -0.2) is 14.8 Å². The van der Waals surface area contributed by atoms with Crippen molar-refractivity contribution in [3.8, 4) is 17.3 Å². The Morgan fingerprint density at radius 3 is 2.92 bits per heavy atom. The van der Waals surface area contributed by atoms with Crippen molar-refractivity contribution in [2.45, 2.75) is 19.8 Å². The summed E-state index contributed by atoms with van der Waals surface area (Å²) in [5.41, 5.74) is 0.455. The minimum Gasteiger partial charge on any atom is -0.491 e. The third-order valence-corrected chi connectivity index (χ3v) is 3.70. The van der Waals surface area contributed by atoms with Crippen molar-refractivity contribution in [3.63, 3.8) is 0 Å². The topological polar surface area (TPSA) is 105 Å². The van der Waals surface area contributed by atoms with E-state index in [4.69, 9.17) is 9.84 Å². The minimum absolute atomic E-state index is 0.0361. The van der Waals surface area contributed by atoms with Crippen LogP contribution in [0.15, 0.2) is 41.3 Å². The number of aromatic amines is 1. The van der Waals surface area contributed by atoms with Gasteiger partial charge in [0.25, 0.3) is 5.56 Å². The average molecular weight is 339 g/mol. The zero-order chi connectivity index (χ0) is 17.8. The van der Waals surface area contributed by atoms with E-state index in [2.05, 4.69) is 21.9 Å². The average Bonchev–Trinajstić information content (AvgIpc) is 2.62. The quantitative estimate of drug-likeness (QED) is 0.669. The standard InChI is InChI=1S/C18H17N3O4/c1-2-3-9-25-14-5-4-8-19-15(14)16-20-13-7-6-11(18(23)24)10-12(13)17(22)21-16/h4-8,10H,2-3,9H2,1H3,(H,23,24)(H,20,21,22). The van der Waals surface area contributed by atoms with Crippen LogP contribution in [0.5, 0.6) is 5.75 Å². The van der Waals surface area contributed by atoms with Crippen LogP contribution in [0.3, 0.4) is 0 Å². The number of ether oxygens (including phenoxy) is 1. The van der Waals surface area contributed by atoms with Crippen LogP contribution >= 0.6 is 0 Å². The first-order valence-corrected chi connectivity index (χ1v) is 7.95. The Balaban J connectivity index is 2.07. The number of benzene rings is 1. The molecule has 0 fully saturated rings. The first-order valence-electron chi connectivity index (χ1n) is 7.95. The fraction of sp³-hybridized carbons (Fsp3) is 0.222. The molecular weight excluding hydrogens is 322 g/mol. The van der Waals surface area contributed by atoms with E-state index in [1.807, 2.05) is 0 Å². The molecule has 0 amide bonds. The lowest BCUT2D eigenvalue weighted by Crippen LogP contribution is -2.12. The molecule has 0 aliphatic rings. The third kappa shape index (κ3) is 3.50. The Kier molecular flexibility index (Phi) is 4.74. The van der Waals surface area contributed by atoms with E-state index in [1.54, 1.807) is 18.3 Å². The van der Waals surface area contributed by atoms with Crippen molar-refractivity contribution in [1.29, 1.82) is 0 Å². The van der Waals surface area contributed by atoms with Crippen LogP contribution in [0, 0.1) is 0 Å². The molecule has 3 aromatic rings. The molecule has 0 bridgehead atoms. The molecule has 25 heavy (non-hydrogen) atoms. The highest BCUT2D eigenvalue weighted by Gasteiger charge is 2.13. The number of aromatic nitrogens is 3. The third-order valence-electron chi connectivity index (χ3n) is 3.70. The van der Waals surface area contributed by atoms with E-state index in [-0.39, 0.29) is 16.8 Å². The molecule has 2 aromatic heterocycles. The number of aromatic carboxylic acids is 1. The highest BCUT2D eigenvalue weighted by molar-refractivity contribution is 5.93. The van der Waals surface area contributed by atoms with Gasteiger partial charge in [0.1, 0.15) is 11.4 Å². The maximum atomic E-state index is 12.4. The number of carboxylic acids is 1. The SMILES string of the molecule is CCCCOc1cccnc1-c1nc2ccc(C(=O)O)cc2c(=O)[nH]1. The molecule has 3 rings (SSSR count). The van der Waals surface area contributed by atoms with E-state index in [0.29, 0.717) is 23.6 Å². The second-order valence-electron chi connectivity index (χ2n) is 5.50. The Labute approximate surface area is 143 Å². The maximum absolute atomic E-state index is 12.4. The molecule has 2 heterocycles. The molecule has 128 valence electrons. The van der Waals surface area contributed by atoms with Crippen LogP contribution in [0.2, 0.25) is 0 Å². The van der Waals surface area contributed by atoms with Gasteiger partial charge in [0.15, 0.2) is 5.82 Å². The Morgan fingerprint density at radius 1 is 1.32 bits per heavy atom. The van der Waals surface area contributed by atoms with Gasteiger partial charge in [-0.2, -0.15) is 0 Å². The normalized spacial score (nSPS) is 10.8. The number of unbranched alkanes of at least 4 members (excludes halogenated alkanes) is 1. The van der Waals surface area contributed by atoms with E-state index in [1.165, 1.54) is 18.2 Å². The number of fused-ring (bicyclic) bond motifs is 1. The molecule has 7 heteroatoms. The van der Waals surface area contributed by atoms with Gasteiger partial charge in [-0.05, 0) is 36.8 Å². The predicted molar refractivity (Wildman–Crippen MR) is 93.0 cm³/mol.